The number of nitrogens with zero attached hydrogens (tertiary/aromatic N) is 1. The molecule has 0 aliphatic heterocycles. The standard InChI is InChI=1S/C18H15N/c1-15(13-14-19)7-5-6-9-17-12-11-16-8-3-2-4-10-18(16)17/h2-13H,1H3/b7-5+,9-6+,15-13+. The first kappa shape index (κ1) is 12.9. The number of hydrogen-bond acceptors (Lipinski definition) is 1. The van der Waals surface area contributed by atoms with E-state index in [-0.39, 0.29) is 0 Å². The van der Waals surface area contributed by atoms with E-state index in [0.29, 0.717) is 0 Å². The van der Waals surface area contributed by atoms with Gasteiger partial charge in [0.2, 0.25) is 0 Å². The third-order valence-electron chi connectivity index (χ3n) is 2.86. The van der Waals surface area contributed by atoms with Crippen LogP contribution in [0.4, 0.5) is 0 Å². The number of rotatable bonds is 3. The maximum absolute atomic E-state index is 8.51. The van der Waals surface area contributed by atoms with Crippen LogP contribution in [-0.4, -0.2) is 0 Å². The molecule has 0 N–H and O–H groups in total. The molecule has 0 atom stereocenters. The summed E-state index contributed by atoms with van der Waals surface area (Å²) in [5, 5.41) is 8.51. The highest BCUT2D eigenvalue weighted by atomic mass is 14.2. The Morgan fingerprint density at radius 2 is 1.89 bits per heavy atom. The van der Waals surface area contributed by atoms with Crippen LogP contribution in [0, 0.1) is 11.3 Å². The molecule has 0 radical (unpaired) electrons. The Bertz CT molecular complexity index is 654. The molecule has 2 aliphatic rings. The highest BCUT2D eigenvalue weighted by Crippen LogP contribution is 2.27. The lowest BCUT2D eigenvalue weighted by atomic mass is 10.1. The second-order valence-electron chi connectivity index (χ2n) is 4.30. The first-order chi connectivity index (χ1) is 9.31. The monoisotopic (exact) mass is 245 g/mol. The van der Waals surface area contributed by atoms with E-state index in [1.165, 1.54) is 22.8 Å². The summed E-state index contributed by atoms with van der Waals surface area (Å²) in [5.41, 5.74) is 4.65. The molecule has 1 heteroatoms. The van der Waals surface area contributed by atoms with Crippen LogP contribution in [0.5, 0.6) is 0 Å². The fraction of sp³-hybridized carbons (Fsp3) is 0.0556. The van der Waals surface area contributed by atoms with Crippen molar-refractivity contribution in [2.75, 3.05) is 0 Å². The van der Waals surface area contributed by atoms with Crippen molar-refractivity contribution >= 4 is 6.08 Å². The molecule has 0 aromatic carbocycles. The number of fused-ring (bicyclic) bond motifs is 1. The first-order valence-corrected chi connectivity index (χ1v) is 6.20. The van der Waals surface area contributed by atoms with Crippen LogP contribution in [0.15, 0.2) is 72.3 Å². The lowest BCUT2D eigenvalue weighted by Crippen LogP contribution is -1.70. The van der Waals surface area contributed by atoms with Gasteiger partial charge in [-0.3, -0.25) is 0 Å². The lowest BCUT2D eigenvalue weighted by molar-refractivity contribution is 1.48. The zero-order valence-corrected chi connectivity index (χ0v) is 10.9. The Morgan fingerprint density at radius 3 is 2.74 bits per heavy atom. The topological polar surface area (TPSA) is 23.8 Å². The van der Waals surface area contributed by atoms with Crippen molar-refractivity contribution in [1.82, 2.24) is 0 Å². The minimum absolute atomic E-state index is 0.950. The van der Waals surface area contributed by atoms with Crippen LogP contribution in [0.1, 0.15) is 12.5 Å². The molecule has 0 aromatic heterocycles. The van der Waals surface area contributed by atoms with Crippen LogP contribution in [0.25, 0.3) is 17.2 Å². The van der Waals surface area contributed by atoms with Crippen molar-refractivity contribution in [2.45, 2.75) is 6.92 Å². The Balaban J connectivity index is 2.16. The van der Waals surface area contributed by atoms with E-state index in [2.05, 4.69) is 36.4 Å². The highest BCUT2D eigenvalue weighted by Gasteiger charge is 2.03. The van der Waals surface area contributed by atoms with Crippen molar-refractivity contribution in [3.63, 3.8) is 0 Å². The quantitative estimate of drug-likeness (QED) is 0.561. The van der Waals surface area contributed by atoms with Gasteiger partial charge in [-0.1, -0.05) is 66.8 Å². The summed E-state index contributed by atoms with van der Waals surface area (Å²) in [6.45, 7) is 1.91. The molecule has 2 aliphatic carbocycles. The Labute approximate surface area is 114 Å². The van der Waals surface area contributed by atoms with Gasteiger partial charge < -0.3 is 0 Å². The molecule has 0 heterocycles. The van der Waals surface area contributed by atoms with Crippen molar-refractivity contribution < 1.29 is 0 Å². The summed E-state index contributed by atoms with van der Waals surface area (Å²) in [6, 6.07) is 16.6. The predicted octanol–water partition coefficient (Wildman–Crippen LogP) is 4.83. The van der Waals surface area contributed by atoms with Gasteiger partial charge in [0.25, 0.3) is 0 Å². The minimum atomic E-state index is 0.950. The van der Waals surface area contributed by atoms with Gasteiger partial charge in [-0.05, 0) is 29.2 Å². The number of hydrogen-bond donors (Lipinski definition) is 0. The van der Waals surface area contributed by atoms with E-state index in [0.717, 1.165) is 5.57 Å². The summed E-state index contributed by atoms with van der Waals surface area (Å²) in [6.07, 6.45) is 9.48. The SMILES string of the molecule is CC(/C=C/C=C/c1ccc2cccccc1-2)=C\C#N. The van der Waals surface area contributed by atoms with Gasteiger partial charge in [0.1, 0.15) is 0 Å². The second-order valence-corrected chi connectivity index (χ2v) is 4.30. The summed E-state index contributed by atoms with van der Waals surface area (Å²) in [5.74, 6) is 0. The van der Waals surface area contributed by atoms with Crippen LogP contribution >= 0.6 is 0 Å². The molecule has 0 amide bonds. The van der Waals surface area contributed by atoms with Crippen molar-refractivity contribution in [2.24, 2.45) is 0 Å². The summed E-state index contributed by atoms with van der Waals surface area (Å²) < 4.78 is 0. The number of allylic oxidation sites excluding steroid dienone is 5. The molecule has 0 saturated carbocycles. The predicted molar refractivity (Wildman–Crippen MR) is 80.6 cm³/mol. The molecule has 0 bridgehead atoms. The van der Waals surface area contributed by atoms with E-state index in [1.807, 2.05) is 43.4 Å². The van der Waals surface area contributed by atoms with E-state index in [4.69, 9.17) is 5.26 Å². The van der Waals surface area contributed by atoms with Gasteiger partial charge >= 0.3 is 0 Å². The van der Waals surface area contributed by atoms with Crippen molar-refractivity contribution in [3.05, 3.63) is 77.9 Å². The lowest BCUT2D eigenvalue weighted by Gasteiger charge is -1.94. The maximum atomic E-state index is 8.51. The molecule has 2 rings (SSSR count). The third-order valence-corrected chi connectivity index (χ3v) is 2.86. The third kappa shape index (κ3) is 3.43. The molecule has 1 nitrogen and oxygen atoms in total. The molecule has 0 spiro atoms. The second kappa shape index (κ2) is 6.37. The largest absolute Gasteiger partial charge is 0.193 e. The van der Waals surface area contributed by atoms with Crippen LogP contribution < -0.4 is 0 Å². The van der Waals surface area contributed by atoms with Gasteiger partial charge in [0, 0.05) is 6.08 Å². The van der Waals surface area contributed by atoms with Crippen molar-refractivity contribution in [3.8, 4) is 17.2 Å². The smallest absolute Gasteiger partial charge is 0.0914 e. The molecular weight excluding hydrogens is 230 g/mol. The number of nitriles is 1. The molecule has 0 saturated heterocycles. The molecule has 0 fully saturated rings. The van der Waals surface area contributed by atoms with Crippen LogP contribution in [-0.2, 0) is 0 Å². The zero-order valence-electron chi connectivity index (χ0n) is 10.9. The Hall–Kier alpha value is -2.59. The summed E-state index contributed by atoms with van der Waals surface area (Å²) in [4.78, 5) is 0. The van der Waals surface area contributed by atoms with Gasteiger partial charge in [-0.15, -0.1) is 0 Å². The Morgan fingerprint density at radius 1 is 1.05 bits per heavy atom. The average Bonchev–Trinajstić information content (AvgIpc) is 2.63. The van der Waals surface area contributed by atoms with E-state index in [9.17, 15) is 0 Å². The Kier molecular flexibility index (Phi) is 4.31. The summed E-state index contributed by atoms with van der Waals surface area (Å²) >= 11 is 0. The van der Waals surface area contributed by atoms with E-state index >= 15 is 0 Å². The van der Waals surface area contributed by atoms with Gasteiger partial charge in [-0.2, -0.15) is 5.26 Å². The molecular formula is C18H15N. The van der Waals surface area contributed by atoms with Crippen LogP contribution in [0.2, 0.25) is 0 Å². The van der Waals surface area contributed by atoms with Gasteiger partial charge in [0.15, 0.2) is 0 Å². The van der Waals surface area contributed by atoms with E-state index in [1.54, 1.807) is 0 Å². The fourth-order valence-electron chi connectivity index (χ4n) is 1.90. The van der Waals surface area contributed by atoms with Crippen LogP contribution in [0.3, 0.4) is 0 Å². The normalized spacial score (nSPS) is 12.3. The molecule has 0 aromatic rings. The molecule has 19 heavy (non-hydrogen) atoms. The highest BCUT2D eigenvalue weighted by molar-refractivity contribution is 5.78. The first-order valence-electron chi connectivity index (χ1n) is 6.20. The van der Waals surface area contributed by atoms with Gasteiger partial charge in [0.05, 0.1) is 6.07 Å². The van der Waals surface area contributed by atoms with Crippen molar-refractivity contribution in [1.29, 1.82) is 5.26 Å². The van der Waals surface area contributed by atoms with Gasteiger partial charge in [-0.25, -0.2) is 0 Å². The zero-order chi connectivity index (χ0) is 13.5. The maximum Gasteiger partial charge on any atom is 0.0914 e. The summed E-state index contributed by atoms with van der Waals surface area (Å²) in [7, 11) is 0. The van der Waals surface area contributed by atoms with E-state index < -0.39 is 0 Å². The fourth-order valence-corrected chi connectivity index (χ4v) is 1.90. The molecule has 0 unspecified atom stereocenters. The minimum Gasteiger partial charge on any atom is -0.193 e. The average molecular weight is 245 g/mol. The molecule has 92 valence electrons.